The smallest absolute Gasteiger partial charge is 0.124 e. The van der Waals surface area contributed by atoms with Crippen LogP contribution in [0.25, 0.3) is 0 Å². The van der Waals surface area contributed by atoms with Crippen molar-refractivity contribution in [3.8, 4) is 5.75 Å². The molecule has 1 N–H and O–H groups in total. The quantitative estimate of drug-likeness (QED) is 0.643. The molecule has 0 aliphatic heterocycles. The largest absolute Gasteiger partial charge is 0.496 e. The molecule has 0 spiro atoms. The number of hydrogen-bond acceptors (Lipinski definition) is 2. The molecule has 2 rings (SSSR count). The van der Waals surface area contributed by atoms with E-state index in [1.165, 1.54) is 0 Å². The molecule has 1 atom stereocenters. The summed E-state index contributed by atoms with van der Waals surface area (Å²) in [6, 6.07) is 11.5. The van der Waals surface area contributed by atoms with E-state index in [1.807, 2.05) is 36.4 Å². The van der Waals surface area contributed by atoms with Gasteiger partial charge in [-0.25, -0.2) is 0 Å². The Labute approximate surface area is 148 Å². The predicted molar refractivity (Wildman–Crippen MR) is 97.7 cm³/mol. The number of methoxy groups -OCH3 is 1. The molecule has 0 aromatic heterocycles. The summed E-state index contributed by atoms with van der Waals surface area (Å²) < 4.78 is 6.63. The molecule has 112 valence electrons. The summed E-state index contributed by atoms with van der Waals surface area (Å²) >= 11 is 14.6. The molecule has 0 amide bonds. The molecule has 21 heavy (non-hydrogen) atoms. The number of nitrogens with one attached hydrogen (secondary N) is 1. The number of benzene rings is 2. The zero-order valence-electron chi connectivity index (χ0n) is 11.8. The summed E-state index contributed by atoms with van der Waals surface area (Å²) in [7, 11) is 1.67. The van der Waals surface area contributed by atoms with Gasteiger partial charge in [-0.1, -0.05) is 30.1 Å². The highest BCUT2D eigenvalue weighted by atomic mass is 127. The van der Waals surface area contributed by atoms with Gasteiger partial charge in [0.1, 0.15) is 5.75 Å². The molecular formula is C16H16Cl2INO. The van der Waals surface area contributed by atoms with Gasteiger partial charge in [0.2, 0.25) is 0 Å². The van der Waals surface area contributed by atoms with Crippen molar-refractivity contribution in [3.63, 3.8) is 0 Å². The van der Waals surface area contributed by atoms with Crippen LogP contribution in [0.3, 0.4) is 0 Å². The maximum absolute atomic E-state index is 6.17. The van der Waals surface area contributed by atoms with Gasteiger partial charge in [-0.15, -0.1) is 0 Å². The van der Waals surface area contributed by atoms with Crippen LogP contribution < -0.4 is 10.1 Å². The lowest BCUT2D eigenvalue weighted by atomic mass is 9.97. The van der Waals surface area contributed by atoms with Gasteiger partial charge in [-0.05, 0) is 71.1 Å². The minimum absolute atomic E-state index is 0.0192. The molecule has 0 heterocycles. The van der Waals surface area contributed by atoms with Gasteiger partial charge in [0.25, 0.3) is 0 Å². The van der Waals surface area contributed by atoms with Crippen molar-refractivity contribution in [2.24, 2.45) is 0 Å². The molecule has 0 saturated carbocycles. The van der Waals surface area contributed by atoms with Crippen molar-refractivity contribution in [1.82, 2.24) is 5.32 Å². The molecule has 2 nitrogen and oxygen atoms in total. The summed E-state index contributed by atoms with van der Waals surface area (Å²) in [6.45, 7) is 2.89. The second-order valence-electron chi connectivity index (χ2n) is 4.54. The zero-order valence-corrected chi connectivity index (χ0v) is 15.5. The summed E-state index contributed by atoms with van der Waals surface area (Å²) in [5, 5.41) is 4.89. The van der Waals surface area contributed by atoms with Crippen LogP contribution in [0.15, 0.2) is 36.4 Å². The Morgan fingerprint density at radius 3 is 2.33 bits per heavy atom. The summed E-state index contributed by atoms with van der Waals surface area (Å²) in [6.07, 6.45) is 0. The van der Waals surface area contributed by atoms with E-state index in [0.29, 0.717) is 10.0 Å². The Balaban J connectivity index is 2.58. The molecular weight excluding hydrogens is 420 g/mol. The average Bonchev–Trinajstić information content (AvgIpc) is 2.47. The van der Waals surface area contributed by atoms with Crippen molar-refractivity contribution in [1.29, 1.82) is 0 Å². The lowest BCUT2D eigenvalue weighted by Crippen LogP contribution is -2.23. The highest BCUT2D eigenvalue weighted by molar-refractivity contribution is 14.1. The first-order valence-corrected chi connectivity index (χ1v) is 8.42. The maximum Gasteiger partial charge on any atom is 0.124 e. The summed E-state index contributed by atoms with van der Waals surface area (Å²) in [4.78, 5) is 0. The van der Waals surface area contributed by atoms with Gasteiger partial charge in [0, 0.05) is 19.2 Å². The topological polar surface area (TPSA) is 21.3 Å². The Bertz CT molecular complexity index is 634. The molecule has 0 aliphatic carbocycles. The molecule has 0 aliphatic rings. The van der Waals surface area contributed by atoms with Crippen molar-refractivity contribution >= 4 is 45.8 Å². The van der Waals surface area contributed by atoms with Gasteiger partial charge in [-0.2, -0.15) is 0 Å². The van der Waals surface area contributed by atoms with Crippen LogP contribution in [0.2, 0.25) is 10.0 Å². The summed E-state index contributed by atoms with van der Waals surface area (Å²) in [5.74, 6) is 0.807. The van der Waals surface area contributed by atoms with Crippen LogP contribution in [-0.4, -0.2) is 13.7 Å². The third kappa shape index (κ3) is 4.03. The van der Waals surface area contributed by atoms with E-state index in [-0.39, 0.29) is 6.04 Å². The highest BCUT2D eigenvalue weighted by Gasteiger charge is 2.20. The van der Waals surface area contributed by atoms with Crippen LogP contribution in [-0.2, 0) is 0 Å². The van der Waals surface area contributed by atoms with Gasteiger partial charge >= 0.3 is 0 Å². The molecule has 0 radical (unpaired) electrons. The van der Waals surface area contributed by atoms with Gasteiger partial charge in [-0.3, -0.25) is 0 Å². The monoisotopic (exact) mass is 435 g/mol. The van der Waals surface area contributed by atoms with Gasteiger partial charge in [0.15, 0.2) is 0 Å². The van der Waals surface area contributed by atoms with Gasteiger partial charge < -0.3 is 10.1 Å². The van der Waals surface area contributed by atoms with Crippen LogP contribution in [0.4, 0.5) is 0 Å². The Morgan fingerprint density at radius 2 is 1.71 bits per heavy atom. The Hall–Kier alpha value is -0.490. The highest BCUT2D eigenvalue weighted by Crippen LogP contribution is 2.35. The van der Waals surface area contributed by atoms with E-state index in [0.717, 1.165) is 27.0 Å². The van der Waals surface area contributed by atoms with Crippen molar-refractivity contribution < 1.29 is 4.74 Å². The number of halogens is 3. The first-order valence-electron chi connectivity index (χ1n) is 6.58. The third-order valence-electron chi connectivity index (χ3n) is 3.18. The van der Waals surface area contributed by atoms with Crippen molar-refractivity contribution in [2.75, 3.05) is 13.7 Å². The fourth-order valence-corrected chi connectivity index (χ4v) is 3.27. The Kier molecular flexibility index (Phi) is 6.17. The normalized spacial score (nSPS) is 12.2. The van der Waals surface area contributed by atoms with Crippen molar-refractivity contribution in [3.05, 3.63) is 61.1 Å². The lowest BCUT2D eigenvalue weighted by Gasteiger charge is -2.23. The van der Waals surface area contributed by atoms with Gasteiger partial charge in [0.05, 0.1) is 13.2 Å². The molecule has 0 bridgehead atoms. The second kappa shape index (κ2) is 7.68. The Morgan fingerprint density at radius 1 is 1.10 bits per heavy atom. The fourth-order valence-electron chi connectivity index (χ4n) is 2.26. The molecule has 2 aromatic rings. The second-order valence-corrected chi connectivity index (χ2v) is 6.58. The van der Waals surface area contributed by atoms with E-state index in [2.05, 4.69) is 34.8 Å². The van der Waals surface area contributed by atoms with Crippen LogP contribution in [0, 0.1) is 3.57 Å². The molecule has 1 unspecified atom stereocenters. The predicted octanol–water partition coefficient (Wildman–Crippen LogP) is 5.31. The lowest BCUT2D eigenvalue weighted by molar-refractivity contribution is 0.404. The number of hydrogen-bond donors (Lipinski definition) is 1. The van der Waals surface area contributed by atoms with E-state index in [9.17, 15) is 0 Å². The van der Waals surface area contributed by atoms with E-state index >= 15 is 0 Å². The van der Waals surface area contributed by atoms with Crippen LogP contribution in [0.1, 0.15) is 24.1 Å². The number of rotatable bonds is 5. The minimum atomic E-state index is -0.0192. The standard InChI is InChI=1S/C16H16Cl2INO/c1-3-20-16(12-8-10(17)4-6-14(12)19)13-9-11(18)5-7-15(13)21-2/h4-9,16,20H,3H2,1-2H3. The minimum Gasteiger partial charge on any atom is -0.496 e. The fraction of sp³-hybridized carbons (Fsp3) is 0.250. The van der Waals surface area contributed by atoms with Crippen molar-refractivity contribution in [2.45, 2.75) is 13.0 Å². The maximum atomic E-state index is 6.17. The first-order chi connectivity index (χ1) is 10.1. The van der Waals surface area contributed by atoms with Crippen LogP contribution >= 0.6 is 45.8 Å². The summed E-state index contributed by atoms with van der Waals surface area (Å²) in [5.41, 5.74) is 2.12. The SMILES string of the molecule is CCNC(c1cc(Cl)ccc1I)c1cc(Cl)ccc1OC. The molecule has 0 saturated heterocycles. The van der Waals surface area contributed by atoms with E-state index < -0.39 is 0 Å². The van der Waals surface area contributed by atoms with Crippen LogP contribution in [0.5, 0.6) is 5.75 Å². The average molecular weight is 436 g/mol. The van der Waals surface area contributed by atoms with E-state index in [4.69, 9.17) is 27.9 Å². The third-order valence-corrected chi connectivity index (χ3v) is 4.63. The zero-order chi connectivity index (χ0) is 15.4. The first kappa shape index (κ1) is 16.9. The van der Waals surface area contributed by atoms with E-state index in [1.54, 1.807) is 7.11 Å². The molecule has 2 aromatic carbocycles. The molecule has 0 fully saturated rings. The number of ether oxygens (including phenoxy) is 1. The molecule has 5 heteroatoms.